The molecular weight excluding hydrogens is 188 g/mol. The van der Waals surface area contributed by atoms with E-state index >= 15 is 0 Å². The lowest BCUT2D eigenvalue weighted by molar-refractivity contribution is -0.132. The van der Waals surface area contributed by atoms with Gasteiger partial charge in [-0.25, -0.2) is 0 Å². The summed E-state index contributed by atoms with van der Waals surface area (Å²) in [6.07, 6.45) is -0.311. The highest BCUT2D eigenvalue weighted by molar-refractivity contribution is 8.14. The predicted molar refractivity (Wildman–Crippen MR) is 51.5 cm³/mol. The van der Waals surface area contributed by atoms with Crippen molar-refractivity contribution in [2.45, 2.75) is 38.0 Å². The van der Waals surface area contributed by atoms with Gasteiger partial charge in [0.15, 0.2) is 0 Å². The van der Waals surface area contributed by atoms with Crippen molar-refractivity contribution in [3.05, 3.63) is 0 Å². The highest BCUT2D eigenvalue weighted by Crippen LogP contribution is 2.39. The molecule has 0 spiro atoms. The first-order valence-electron chi connectivity index (χ1n) is 4.25. The van der Waals surface area contributed by atoms with Crippen LogP contribution in [0.1, 0.15) is 27.2 Å². The van der Waals surface area contributed by atoms with Gasteiger partial charge in [-0.05, 0) is 13.3 Å². The number of Topliss-reactive ketones (excluding diaryl/α,β-unsaturated/α-hetero) is 1. The highest BCUT2D eigenvalue weighted by Gasteiger charge is 2.42. The Labute approximate surface area is 81.9 Å². The van der Waals surface area contributed by atoms with E-state index < -0.39 is 12.0 Å². The first-order chi connectivity index (χ1) is 5.83. The summed E-state index contributed by atoms with van der Waals surface area (Å²) in [5.74, 6) is -1.04. The fourth-order valence-electron chi connectivity index (χ4n) is 1.59. The fourth-order valence-corrected chi connectivity index (χ4v) is 2.84. The fraction of sp³-hybridized carbons (Fsp3) is 0.778. The summed E-state index contributed by atoms with van der Waals surface area (Å²) in [6, 6.07) is 0. The van der Waals surface area contributed by atoms with E-state index in [4.69, 9.17) is 0 Å². The normalized spacial score (nSPS) is 33.1. The molecule has 0 radical (unpaired) electrons. The zero-order valence-electron chi connectivity index (χ0n) is 8.03. The zero-order chi connectivity index (χ0) is 10.2. The van der Waals surface area contributed by atoms with Crippen LogP contribution in [0.2, 0.25) is 0 Å². The first-order valence-corrected chi connectivity index (χ1v) is 5.06. The molecule has 3 nitrogen and oxygen atoms in total. The largest absolute Gasteiger partial charge is 0.392 e. The second-order valence-corrected chi connectivity index (χ2v) is 5.75. The molecule has 1 aliphatic rings. The molecule has 1 saturated heterocycles. The summed E-state index contributed by atoms with van der Waals surface area (Å²) in [4.78, 5) is 22.5. The smallest absolute Gasteiger partial charge is 0.202 e. The molecule has 0 aromatic carbocycles. The molecule has 1 N–H and O–H groups in total. The zero-order valence-corrected chi connectivity index (χ0v) is 8.85. The van der Waals surface area contributed by atoms with Gasteiger partial charge < -0.3 is 5.11 Å². The number of hydrogen-bond donors (Lipinski definition) is 1. The third kappa shape index (κ3) is 2.31. The lowest BCUT2D eigenvalue weighted by atomic mass is 9.91. The first kappa shape index (κ1) is 10.7. The average molecular weight is 202 g/mol. The van der Waals surface area contributed by atoms with E-state index in [1.807, 2.05) is 13.8 Å². The van der Waals surface area contributed by atoms with Gasteiger partial charge in [-0.15, -0.1) is 0 Å². The van der Waals surface area contributed by atoms with Gasteiger partial charge >= 0.3 is 0 Å². The Bertz CT molecular complexity index is 247. The average Bonchev–Trinajstić information content (AvgIpc) is 1.78. The van der Waals surface area contributed by atoms with Crippen molar-refractivity contribution < 1.29 is 14.7 Å². The SMILES string of the molecule is CC(=O)C1C(=O)SC(C)(C)CC1O. The van der Waals surface area contributed by atoms with Crippen LogP contribution in [0.25, 0.3) is 0 Å². The van der Waals surface area contributed by atoms with Crippen LogP contribution < -0.4 is 0 Å². The third-order valence-electron chi connectivity index (χ3n) is 2.15. The maximum absolute atomic E-state index is 11.4. The van der Waals surface area contributed by atoms with Gasteiger partial charge in [0.2, 0.25) is 5.12 Å². The van der Waals surface area contributed by atoms with Crippen molar-refractivity contribution in [3.63, 3.8) is 0 Å². The molecule has 0 saturated carbocycles. The van der Waals surface area contributed by atoms with Gasteiger partial charge in [-0.2, -0.15) is 0 Å². The lowest BCUT2D eigenvalue weighted by Crippen LogP contribution is -2.43. The van der Waals surface area contributed by atoms with Crippen LogP contribution in [0.4, 0.5) is 0 Å². The van der Waals surface area contributed by atoms with Crippen LogP contribution in [-0.2, 0) is 9.59 Å². The van der Waals surface area contributed by atoms with Crippen molar-refractivity contribution in [1.29, 1.82) is 0 Å². The molecule has 0 aliphatic carbocycles. The molecule has 1 heterocycles. The van der Waals surface area contributed by atoms with Gasteiger partial charge in [0, 0.05) is 4.75 Å². The van der Waals surface area contributed by atoms with E-state index in [-0.39, 0.29) is 15.6 Å². The van der Waals surface area contributed by atoms with E-state index in [9.17, 15) is 14.7 Å². The van der Waals surface area contributed by atoms with Crippen molar-refractivity contribution in [3.8, 4) is 0 Å². The number of rotatable bonds is 1. The standard InChI is InChI=1S/C9H14O3S/c1-5(10)7-6(11)4-9(2,3)13-8(7)12/h6-7,11H,4H2,1-3H3. The molecule has 0 aromatic rings. The third-order valence-corrected chi connectivity index (χ3v) is 3.33. The van der Waals surface area contributed by atoms with Gasteiger partial charge in [0.05, 0.1) is 6.10 Å². The number of ketones is 1. The number of carbonyl (C=O) groups is 2. The summed E-state index contributed by atoms with van der Waals surface area (Å²) in [7, 11) is 0. The highest BCUT2D eigenvalue weighted by atomic mass is 32.2. The molecule has 0 amide bonds. The summed E-state index contributed by atoms with van der Waals surface area (Å²) >= 11 is 1.16. The quantitative estimate of drug-likeness (QED) is 0.644. The Morgan fingerprint density at radius 3 is 2.54 bits per heavy atom. The number of aliphatic hydroxyl groups excluding tert-OH is 1. The van der Waals surface area contributed by atoms with Gasteiger partial charge in [0.1, 0.15) is 11.7 Å². The molecule has 2 atom stereocenters. The Hall–Kier alpha value is -0.350. The van der Waals surface area contributed by atoms with Crippen LogP contribution in [-0.4, -0.2) is 26.9 Å². The molecular formula is C9H14O3S. The Morgan fingerprint density at radius 1 is 1.62 bits per heavy atom. The molecule has 1 aliphatic heterocycles. The minimum Gasteiger partial charge on any atom is -0.392 e. The number of carbonyl (C=O) groups excluding carboxylic acids is 2. The van der Waals surface area contributed by atoms with Crippen LogP contribution in [0.5, 0.6) is 0 Å². The Kier molecular flexibility index (Phi) is 2.82. The number of hydrogen-bond acceptors (Lipinski definition) is 4. The summed E-state index contributed by atoms with van der Waals surface area (Å²) in [5.41, 5.74) is 0. The van der Waals surface area contributed by atoms with E-state index in [1.54, 1.807) is 0 Å². The van der Waals surface area contributed by atoms with Crippen LogP contribution in [0.3, 0.4) is 0 Å². The second-order valence-electron chi connectivity index (χ2n) is 4.04. The summed E-state index contributed by atoms with van der Waals surface area (Å²) < 4.78 is -0.248. The molecule has 2 unspecified atom stereocenters. The topological polar surface area (TPSA) is 54.4 Å². The van der Waals surface area contributed by atoms with E-state index in [0.29, 0.717) is 6.42 Å². The summed E-state index contributed by atoms with van der Waals surface area (Å²) in [6.45, 7) is 5.15. The molecule has 4 heteroatoms. The van der Waals surface area contributed by atoms with Crippen LogP contribution in [0.15, 0.2) is 0 Å². The number of thioether (sulfide) groups is 1. The monoisotopic (exact) mass is 202 g/mol. The van der Waals surface area contributed by atoms with Crippen molar-refractivity contribution in [2.75, 3.05) is 0 Å². The molecule has 1 rings (SSSR count). The van der Waals surface area contributed by atoms with Gasteiger partial charge in [-0.3, -0.25) is 9.59 Å². The lowest BCUT2D eigenvalue weighted by Gasteiger charge is -2.34. The van der Waals surface area contributed by atoms with Crippen molar-refractivity contribution >= 4 is 22.7 Å². The summed E-state index contributed by atoms with van der Waals surface area (Å²) in [5, 5.41) is 9.39. The van der Waals surface area contributed by atoms with Crippen molar-refractivity contribution in [2.24, 2.45) is 5.92 Å². The molecule has 74 valence electrons. The second kappa shape index (κ2) is 3.42. The Balaban J connectivity index is 2.82. The molecule has 13 heavy (non-hydrogen) atoms. The molecule has 0 bridgehead atoms. The van der Waals surface area contributed by atoms with Crippen molar-refractivity contribution in [1.82, 2.24) is 0 Å². The molecule has 0 aromatic heterocycles. The van der Waals surface area contributed by atoms with Crippen LogP contribution in [0, 0.1) is 5.92 Å². The van der Waals surface area contributed by atoms with E-state index in [0.717, 1.165) is 11.8 Å². The van der Waals surface area contributed by atoms with Crippen LogP contribution >= 0.6 is 11.8 Å². The Morgan fingerprint density at radius 2 is 2.15 bits per heavy atom. The van der Waals surface area contributed by atoms with E-state index in [1.165, 1.54) is 6.92 Å². The number of aliphatic hydroxyl groups is 1. The predicted octanol–water partition coefficient (Wildman–Crippen LogP) is 0.995. The van der Waals surface area contributed by atoms with E-state index in [2.05, 4.69) is 0 Å². The minimum absolute atomic E-state index is 0.198. The van der Waals surface area contributed by atoms with Gasteiger partial charge in [0.25, 0.3) is 0 Å². The minimum atomic E-state index is -0.807. The maximum atomic E-state index is 11.4. The molecule has 1 fully saturated rings. The maximum Gasteiger partial charge on any atom is 0.202 e. The van der Waals surface area contributed by atoms with Gasteiger partial charge in [-0.1, -0.05) is 25.6 Å².